The van der Waals surface area contributed by atoms with E-state index in [4.69, 9.17) is 4.74 Å². The number of carbonyl (C=O) groups excluding carboxylic acids is 1. The molecule has 0 bridgehead atoms. The summed E-state index contributed by atoms with van der Waals surface area (Å²) in [4.78, 5) is 15.4. The zero-order chi connectivity index (χ0) is 18.8. The van der Waals surface area contributed by atoms with E-state index in [1.54, 1.807) is 0 Å². The number of rotatable bonds is 4. The summed E-state index contributed by atoms with van der Waals surface area (Å²) in [7, 11) is 0. The Morgan fingerprint density at radius 1 is 1.22 bits per heavy atom. The van der Waals surface area contributed by atoms with Crippen LogP contribution >= 0.6 is 0 Å². The maximum atomic E-state index is 13.4. The van der Waals surface area contributed by atoms with Crippen LogP contribution in [0.2, 0.25) is 0 Å². The molecule has 2 aromatic carbocycles. The molecule has 27 heavy (non-hydrogen) atoms. The highest BCUT2D eigenvalue weighted by Gasteiger charge is 2.44. The largest absolute Gasteiger partial charge is 0.493 e. The number of amides is 1. The third-order valence-corrected chi connectivity index (χ3v) is 5.67. The van der Waals surface area contributed by atoms with Gasteiger partial charge in [0, 0.05) is 25.0 Å². The minimum atomic E-state index is -0.233. The second kappa shape index (κ2) is 7.69. The number of carbonyl (C=O) groups is 1. The lowest BCUT2D eigenvalue weighted by Crippen LogP contribution is -2.52. The molecule has 0 radical (unpaired) electrons. The summed E-state index contributed by atoms with van der Waals surface area (Å²) >= 11 is 0. The van der Waals surface area contributed by atoms with Gasteiger partial charge in [0.2, 0.25) is 0 Å². The molecular formula is C22H25FN2O2. The number of nitrogens with one attached hydrogen (secondary N) is 1. The zero-order valence-corrected chi connectivity index (χ0v) is 15.5. The van der Waals surface area contributed by atoms with Gasteiger partial charge in [0.15, 0.2) is 0 Å². The van der Waals surface area contributed by atoms with Gasteiger partial charge in [-0.2, -0.15) is 0 Å². The van der Waals surface area contributed by atoms with Crippen molar-refractivity contribution in [3.63, 3.8) is 0 Å². The van der Waals surface area contributed by atoms with Gasteiger partial charge in [-0.15, -0.1) is 0 Å². The molecule has 2 heterocycles. The summed E-state index contributed by atoms with van der Waals surface area (Å²) in [6, 6.07) is 14.5. The predicted molar refractivity (Wildman–Crippen MR) is 103 cm³/mol. The molecule has 1 amide bonds. The number of hydrogen-bond acceptors (Lipinski definition) is 3. The fraction of sp³-hybridized carbons (Fsp3) is 0.409. The molecule has 1 N–H and O–H groups in total. The molecule has 3 atom stereocenters. The van der Waals surface area contributed by atoms with E-state index in [0.29, 0.717) is 17.9 Å². The van der Waals surface area contributed by atoms with E-state index in [1.807, 2.05) is 48.2 Å². The Morgan fingerprint density at radius 3 is 2.78 bits per heavy atom. The van der Waals surface area contributed by atoms with Gasteiger partial charge in [0.1, 0.15) is 11.6 Å². The van der Waals surface area contributed by atoms with Crippen LogP contribution in [-0.2, 0) is 0 Å². The number of ether oxygens (including phenoxy) is 1. The van der Waals surface area contributed by atoms with Crippen LogP contribution in [0.5, 0.6) is 5.75 Å². The first-order valence-electron chi connectivity index (χ1n) is 9.70. The number of benzene rings is 2. The topological polar surface area (TPSA) is 41.6 Å². The highest BCUT2D eigenvalue weighted by atomic mass is 19.1. The second-order valence-corrected chi connectivity index (χ2v) is 7.23. The number of nitrogens with zero attached hydrogens (tertiary/aromatic N) is 1. The number of para-hydroxylation sites is 1. The number of fused-ring (bicyclic) bond motifs is 1. The highest BCUT2D eigenvalue weighted by molar-refractivity contribution is 5.97. The van der Waals surface area contributed by atoms with E-state index in [-0.39, 0.29) is 29.7 Å². The first-order chi connectivity index (χ1) is 13.2. The van der Waals surface area contributed by atoms with Crippen LogP contribution in [0.25, 0.3) is 0 Å². The van der Waals surface area contributed by atoms with Crippen LogP contribution in [0, 0.1) is 5.82 Å². The summed E-state index contributed by atoms with van der Waals surface area (Å²) in [5.41, 5.74) is 1.69. The zero-order valence-electron chi connectivity index (χ0n) is 15.5. The van der Waals surface area contributed by atoms with E-state index >= 15 is 0 Å². The molecule has 0 aromatic heterocycles. The van der Waals surface area contributed by atoms with E-state index in [0.717, 1.165) is 31.5 Å². The van der Waals surface area contributed by atoms with Crippen molar-refractivity contribution in [2.45, 2.75) is 37.8 Å². The van der Waals surface area contributed by atoms with Crippen LogP contribution in [0.3, 0.4) is 0 Å². The Labute approximate surface area is 159 Å². The average molecular weight is 368 g/mol. The van der Waals surface area contributed by atoms with Gasteiger partial charge < -0.3 is 15.0 Å². The van der Waals surface area contributed by atoms with Gasteiger partial charge in [-0.1, -0.05) is 24.3 Å². The minimum absolute atomic E-state index is 0.0181. The normalized spacial score (nSPS) is 24.5. The van der Waals surface area contributed by atoms with Gasteiger partial charge in [-0.05, 0) is 49.6 Å². The number of likely N-dealkylation sites (tertiary alicyclic amines) is 1. The van der Waals surface area contributed by atoms with Gasteiger partial charge >= 0.3 is 0 Å². The lowest BCUT2D eigenvalue weighted by Gasteiger charge is -2.40. The lowest BCUT2D eigenvalue weighted by molar-refractivity contribution is 0.0574. The van der Waals surface area contributed by atoms with Crippen molar-refractivity contribution in [2.24, 2.45) is 0 Å². The van der Waals surface area contributed by atoms with Crippen LogP contribution in [0.15, 0.2) is 48.5 Å². The summed E-state index contributed by atoms with van der Waals surface area (Å²) < 4.78 is 19.0. The lowest BCUT2D eigenvalue weighted by atomic mass is 9.85. The maximum Gasteiger partial charge on any atom is 0.257 e. The molecule has 2 aliphatic heterocycles. The predicted octanol–water partition coefficient (Wildman–Crippen LogP) is 3.58. The first-order valence-corrected chi connectivity index (χ1v) is 9.70. The van der Waals surface area contributed by atoms with Gasteiger partial charge in [0.05, 0.1) is 18.2 Å². The second-order valence-electron chi connectivity index (χ2n) is 7.23. The molecule has 2 saturated heterocycles. The van der Waals surface area contributed by atoms with Crippen molar-refractivity contribution in [1.82, 2.24) is 10.2 Å². The molecule has 2 fully saturated rings. The molecule has 4 nitrogen and oxygen atoms in total. The van der Waals surface area contributed by atoms with Gasteiger partial charge in [-0.3, -0.25) is 4.79 Å². The number of halogens is 1. The Kier molecular flexibility index (Phi) is 5.12. The average Bonchev–Trinajstić information content (AvgIpc) is 3.13. The van der Waals surface area contributed by atoms with Crippen LogP contribution in [0.4, 0.5) is 4.39 Å². The van der Waals surface area contributed by atoms with E-state index in [9.17, 15) is 9.18 Å². The smallest absolute Gasteiger partial charge is 0.257 e. The Balaban J connectivity index is 1.65. The summed E-state index contributed by atoms with van der Waals surface area (Å²) in [5, 5.41) is 3.58. The SMILES string of the molecule is CCOc1ccccc1C(=O)N1CCC[C@H]2NC[C@H](c3ccc(F)cc3)[C@H]21. The van der Waals surface area contributed by atoms with E-state index < -0.39 is 0 Å². The van der Waals surface area contributed by atoms with E-state index in [1.165, 1.54) is 12.1 Å². The van der Waals surface area contributed by atoms with Crippen molar-refractivity contribution in [3.8, 4) is 5.75 Å². The molecule has 0 saturated carbocycles. The molecule has 0 unspecified atom stereocenters. The highest BCUT2D eigenvalue weighted by Crippen LogP contribution is 2.36. The van der Waals surface area contributed by atoms with Crippen molar-refractivity contribution < 1.29 is 13.9 Å². The molecule has 4 rings (SSSR count). The summed E-state index contributed by atoms with van der Waals surface area (Å²) in [6.45, 7) is 3.98. The molecule has 142 valence electrons. The van der Waals surface area contributed by atoms with Crippen LogP contribution in [0.1, 0.15) is 41.6 Å². The fourth-order valence-corrected chi connectivity index (χ4v) is 4.48. The van der Waals surface area contributed by atoms with E-state index in [2.05, 4.69) is 5.32 Å². The molecular weight excluding hydrogens is 343 g/mol. The summed E-state index contributed by atoms with van der Waals surface area (Å²) in [5.74, 6) is 0.587. The monoisotopic (exact) mass is 368 g/mol. The number of hydrogen-bond donors (Lipinski definition) is 1. The number of piperidine rings is 1. The fourth-order valence-electron chi connectivity index (χ4n) is 4.48. The molecule has 2 aliphatic rings. The summed E-state index contributed by atoms with van der Waals surface area (Å²) in [6.07, 6.45) is 2.03. The van der Waals surface area contributed by atoms with Crippen LogP contribution in [-0.4, -0.2) is 42.6 Å². The third-order valence-electron chi connectivity index (χ3n) is 5.67. The first kappa shape index (κ1) is 18.0. The Bertz CT molecular complexity index is 808. The maximum absolute atomic E-state index is 13.4. The van der Waals surface area contributed by atoms with Crippen molar-refractivity contribution in [1.29, 1.82) is 0 Å². The standard InChI is InChI=1S/C22H25FN2O2/c1-2-27-20-8-4-3-6-17(20)22(26)25-13-5-7-19-21(25)18(14-24-19)15-9-11-16(23)12-10-15/h3-4,6,8-12,18-19,21,24H,2,5,7,13-14H2,1H3/t18-,19-,21-/m1/s1. The quantitative estimate of drug-likeness (QED) is 0.897. The van der Waals surface area contributed by atoms with Gasteiger partial charge in [0.25, 0.3) is 5.91 Å². The Hall–Kier alpha value is -2.40. The molecule has 0 aliphatic carbocycles. The molecule has 0 spiro atoms. The Morgan fingerprint density at radius 2 is 2.00 bits per heavy atom. The van der Waals surface area contributed by atoms with Gasteiger partial charge in [-0.25, -0.2) is 4.39 Å². The molecule has 5 heteroatoms. The minimum Gasteiger partial charge on any atom is -0.493 e. The van der Waals surface area contributed by atoms with Crippen LogP contribution < -0.4 is 10.1 Å². The van der Waals surface area contributed by atoms with Crippen molar-refractivity contribution in [3.05, 3.63) is 65.5 Å². The van der Waals surface area contributed by atoms with Crippen molar-refractivity contribution >= 4 is 5.91 Å². The molecule has 2 aromatic rings. The van der Waals surface area contributed by atoms with Crippen molar-refractivity contribution in [2.75, 3.05) is 19.7 Å². The third kappa shape index (κ3) is 3.44.